The highest BCUT2D eigenvalue weighted by Crippen LogP contribution is 2.22. The number of halogens is 1. The molecule has 1 N–H and O–H groups in total. The first-order valence-corrected chi connectivity index (χ1v) is 10.8. The molecule has 1 aliphatic rings. The number of nitrogens with zero attached hydrogens (tertiary/aromatic N) is 2. The van der Waals surface area contributed by atoms with E-state index in [1.807, 2.05) is 30.3 Å². The largest absolute Gasteiger partial charge is 0.441 e. The maximum Gasteiger partial charge on any atom is 0.220 e. The Labute approximate surface area is 182 Å². The summed E-state index contributed by atoms with van der Waals surface area (Å²) in [5.41, 5.74) is 2.26. The van der Waals surface area contributed by atoms with Crippen LogP contribution in [0.2, 0.25) is 5.02 Å². The molecule has 4 rings (SSSR count). The Kier molecular flexibility index (Phi) is 6.82. The van der Waals surface area contributed by atoms with E-state index < -0.39 is 0 Å². The van der Waals surface area contributed by atoms with Crippen LogP contribution in [0.3, 0.4) is 0 Å². The molecule has 0 aliphatic carbocycles. The Morgan fingerprint density at radius 3 is 2.57 bits per heavy atom. The van der Waals surface area contributed by atoms with Crippen LogP contribution in [0.4, 0.5) is 0 Å². The molecule has 0 spiro atoms. The Hall–Kier alpha value is -2.63. The highest BCUT2D eigenvalue weighted by molar-refractivity contribution is 6.30. The summed E-state index contributed by atoms with van der Waals surface area (Å²) in [5, 5.41) is 3.85. The predicted octanol–water partition coefficient (Wildman–Crippen LogP) is 4.71. The minimum atomic E-state index is 0.0581. The average molecular weight is 424 g/mol. The summed E-state index contributed by atoms with van der Waals surface area (Å²) >= 11 is 5.92. The molecule has 6 heteroatoms. The van der Waals surface area contributed by atoms with Crippen LogP contribution in [0.1, 0.15) is 30.7 Å². The summed E-state index contributed by atoms with van der Waals surface area (Å²) < 4.78 is 5.78. The monoisotopic (exact) mass is 423 g/mol. The van der Waals surface area contributed by atoms with Crippen molar-refractivity contribution in [3.05, 3.63) is 77.3 Å². The van der Waals surface area contributed by atoms with Crippen molar-refractivity contribution in [2.75, 3.05) is 13.1 Å². The van der Waals surface area contributed by atoms with E-state index in [2.05, 4.69) is 39.5 Å². The third-order valence-corrected chi connectivity index (χ3v) is 5.70. The van der Waals surface area contributed by atoms with Crippen LogP contribution in [0.25, 0.3) is 11.3 Å². The standard InChI is InChI=1S/C24H26ClN3O2/c25-20-8-6-19(7-9-20)22-16-26-24(30-22)11-10-23(29)27-21-12-14-28(15-13-21)17-18-4-2-1-3-5-18/h1-9,16,21H,10-15,17H2,(H,27,29). The molecule has 0 bridgehead atoms. The molecule has 30 heavy (non-hydrogen) atoms. The van der Waals surface area contributed by atoms with Crippen LogP contribution in [0.15, 0.2) is 65.2 Å². The van der Waals surface area contributed by atoms with Gasteiger partial charge in [-0.15, -0.1) is 0 Å². The molecule has 0 radical (unpaired) electrons. The smallest absolute Gasteiger partial charge is 0.220 e. The summed E-state index contributed by atoms with van der Waals surface area (Å²) in [4.78, 5) is 19.1. The van der Waals surface area contributed by atoms with E-state index in [9.17, 15) is 4.79 Å². The number of oxazole rings is 1. The Morgan fingerprint density at radius 2 is 1.83 bits per heavy atom. The van der Waals surface area contributed by atoms with Crippen LogP contribution in [-0.2, 0) is 17.8 Å². The zero-order valence-electron chi connectivity index (χ0n) is 16.9. The molecule has 1 aromatic heterocycles. The minimum absolute atomic E-state index is 0.0581. The fourth-order valence-electron chi connectivity index (χ4n) is 3.77. The zero-order chi connectivity index (χ0) is 20.8. The van der Waals surface area contributed by atoms with Gasteiger partial charge in [0.1, 0.15) is 0 Å². The lowest BCUT2D eigenvalue weighted by Crippen LogP contribution is -2.44. The molecular weight excluding hydrogens is 398 g/mol. The van der Waals surface area contributed by atoms with Gasteiger partial charge in [-0.25, -0.2) is 4.98 Å². The molecule has 0 saturated carbocycles. The van der Waals surface area contributed by atoms with Gasteiger partial charge in [0.15, 0.2) is 11.7 Å². The lowest BCUT2D eigenvalue weighted by molar-refractivity contribution is -0.122. The van der Waals surface area contributed by atoms with Gasteiger partial charge in [0.25, 0.3) is 0 Å². The van der Waals surface area contributed by atoms with Crippen LogP contribution in [0.5, 0.6) is 0 Å². The van der Waals surface area contributed by atoms with Crippen LogP contribution >= 0.6 is 11.6 Å². The van der Waals surface area contributed by atoms with E-state index in [1.165, 1.54) is 5.56 Å². The van der Waals surface area contributed by atoms with Crippen molar-refractivity contribution < 1.29 is 9.21 Å². The number of hydrogen-bond donors (Lipinski definition) is 1. The van der Waals surface area contributed by atoms with Gasteiger partial charge < -0.3 is 9.73 Å². The van der Waals surface area contributed by atoms with Crippen molar-refractivity contribution in [3.63, 3.8) is 0 Å². The maximum absolute atomic E-state index is 12.4. The predicted molar refractivity (Wildman–Crippen MR) is 118 cm³/mol. The number of amides is 1. The van der Waals surface area contributed by atoms with Crippen molar-refractivity contribution in [2.45, 2.75) is 38.3 Å². The molecular formula is C24H26ClN3O2. The SMILES string of the molecule is O=C(CCc1ncc(-c2ccc(Cl)cc2)o1)NC1CCN(Cc2ccccc2)CC1. The number of carbonyl (C=O) groups is 1. The van der Waals surface area contributed by atoms with Crippen molar-refractivity contribution >= 4 is 17.5 Å². The van der Waals surface area contributed by atoms with E-state index in [0.29, 0.717) is 29.5 Å². The van der Waals surface area contributed by atoms with E-state index >= 15 is 0 Å². The Bertz CT molecular complexity index is 948. The minimum Gasteiger partial charge on any atom is -0.441 e. The number of likely N-dealkylation sites (tertiary alicyclic amines) is 1. The summed E-state index contributed by atoms with van der Waals surface area (Å²) in [6, 6.07) is 18.2. The summed E-state index contributed by atoms with van der Waals surface area (Å²) in [6.45, 7) is 2.98. The van der Waals surface area contributed by atoms with Gasteiger partial charge in [-0.05, 0) is 42.7 Å². The first kappa shape index (κ1) is 20.6. The van der Waals surface area contributed by atoms with Crippen molar-refractivity contribution in [3.8, 4) is 11.3 Å². The van der Waals surface area contributed by atoms with Gasteiger partial charge in [-0.1, -0.05) is 41.9 Å². The second-order valence-electron chi connectivity index (χ2n) is 7.73. The molecule has 3 aromatic rings. The normalized spacial score (nSPS) is 15.2. The van der Waals surface area contributed by atoms with Gasteiger partial charge in [-0.2, -0.15) is 0 Å². The fourth-order valence-corrected chi connectivity index (χ4v) is 3.90. The molecule has 1 amide bonds. The van der Waals surface area contributed by atoms with Crippen LogP contribution in [-0.4, -0.2) is 34.9 Å². The molecule has 156 valence electrons. The molecule has 1 saturated heterocycles. The lowest BCUT2D eigenvalue weighted by Gasteiger charge is -2.32. The molecule has 1 aliphatic heterocycles. The second kappa shape index (κ2) is 9.92. The molecule has 2 aromatic carbocycles. The van der Waals surface area contributed by atoms with Crippen molar-refractivity contribution in [2.24, 2.45) is 0 Å². The average Bonchev–Trinajstić information content (AvgIpc) is 3.24. The highest BCUT2D eigenvalue weighted by Gasteiger charge is 2.21. The lowest BCUT2D eigenvalue weighted by atomic mass is 10.0. The van der Waals surface area contributed by atoms with Gasteiger partial charge >= 0.3 is 0 Å². The van der Waals surface area contributed by atoms with Crippen LogP contribution < -0.4 is 5.32 Å². The first-order chi connectivity index (χ1) is 14.7. The Balaban J connectivity index is 1.19. The van der Waals surface area contributed by atoms with E-state index in [4.69, 9.17) is 16.0 Å². The van der Waals surface area contributed by atoms with E-state index in [-0.39, 0.29) is 11.9 Å². The summed E-state index contributed by atoms with van der Waals surface area (Å²) in [5.74, 6) is 1.32. The number of carbonyl (C=O) groups excluding carboxylic acids is 1. The first-order valence-electron chi connectivity index (χ1n) is 10.4. The third kappa shape index (κ3) is 5.71. The van der Waals surface area contributed by atoms with Gasteiger partial charge in [0, 0.05) is 49.1 Å². The highest BCUT2D eigenvalue weighted by atomic mass is 35.5. The topological polar surface area (TPSA) is 58.4 Å². The molecule has 1 fully saturated rings. The van der Waals surface area contributed by atoms with Crippen molar-refractivity contribution in [1.29, 1.82) is 0 Å². The van der Waals surface area contributed by atoms with E-state index in [0.717, 1.165) is 38.0 Å². The van der Waals surface area contributed by atoms with Crippen LogP contribution in [0, 0.1) is 0 Å². The number of rotatable bonds is 7. The van der Waals surface area contributed by atoms with Gasteiger partial charge in [0.05, 0.1) is 6.20 Å². The van der Waals surface area contributed by atoms with Gasteiger partial charge in [0.2, 0.25) is 5.91 Å². The number of nitrogens with one attached hydrogen (secondary N) is 1. The third-order valence-electron chi connectivity index (χ3n) is 5.45. The number of hydrogen-bond acceptors (Lipinski definition) is 4. The quantitative estimate of drug-likeness (QED) is 0.598. The summed E-state index contributed by atoms with van der Waals surface area (Å²) in [6.07, 6.45) is 4.53. The number of benzene rings is 2. The molecule has 2 heterocycles. The van der Waals surface area contributed by atoms with E-state index in [1.54, 1.807) is 6.20 Å². The Morgan fingerprint density at radius 1 is 1.10 bits per heavy atom. The van der Waals surface area contributed by atoms with Gasteiger partial charge in [-0.3, -0.25) is 9.69 Å². The molecule has 0 atom stereocenters. The number of aryl methyl sites for hydroxylation is 1. The zero-order valence-corrected chi connectivity index (χ0v) is 17.6. The fraction of sp³-hybridized carbons (Fsp3) is 0.333. The molecule has 5 nitrogen and oxygen atoms in total. The maximum atomic E-state index is 12.4. The second-order valence-corrected chi connectivity index (χ2v) is 8.17. The molecule has 0 unspecified atom stereocenters. The number of aromatic nitrogens is 1. The number of piperidine rings is 1. The summed E-state index contributed by atoms with van der Waals surface area (Å²) in [7, 11) is 0. The van der Waals surface area contributed by atoms with Crippen molar-refractivity contribution in [1.82, 2.24) is 15.2 Å².